The summed E-state index contributed by atoms with van der Waals surface area (Å²) in [6, 6.07) is 4.60. The average molecular weight is 228 g/mol. The minimum absolute atomic E-state index is 0.0423. The molecule has 2 rings (SSSR count). The highest BCUT2D eigenvalue weighted by atomic mass is 35.5. The van der Waals surface area contributed by atoms with E-state index in [1.165, 1.54) is 6.07 Å². The molecule has 1 fully saturated rings. The normalized spacial score (nSPS) is 23.7. The van der Waals surface area contributed by atoms with Crippen LogP contribution in [0.4, 0.5) is 4.39 Å². The van der Waals surface area contributed by atoms with Gasteiger partial charge in [-0.3, -0.25) is 4.79 Å². The van der Waals surface area contributed by atoms with E-state index < -0.39 is 0 Å². The van der Waals surface area contributed by atoms with Gasteiger partial charge in [0.25, 0.3) is 0 Å². The fourth-order valence-electron chi connectivity index (χ4n) is 1.85. The van der Waals surface area contributed by atoms with Crippen molar-refractivity contribution in [3.63, 3.8) is 0 Å². The highest BCUT2D eigenvalue weighted by Gasteiger charge is 2.45. The quantitative estimate of drug-likeness (QED) is 0.826. The smallest absolute Gasteiger partial charge is 0.223 e. The molecule has 0 spiro atoms. The monoisotopic (exact) mass is 227 g/mol. The van der Waals surface area contributed by atoms with Crippen LogP contribution in [0, 0.1) is 11.7 Å². The molecule has 1 aliphatic rings. The summed E-state index contributed by atoms with van der Waals surface area (Å²) >= 11 is 5.91. The first-order chi connectivity index (χ1) is 7.15. The van der Waals surface area contributed by atoms with Crippen molar-refractivity contribution >= 4 is 17.5 Å². The highest BCUT2D eigenvalue weighted by molar-refractivity contribution is 6.31. The fourth-order valence-corrected chi connectivity index (χ4v) is 2.16. The Morgan fingerprint density at radius 1 is 1.60 bits per heavy atom. The van der Waals surface area contributed by atoms with Crippen molar-refractivity contribution in [3.05, 3.63) is 34.6 Å². The first kappa shape index (κ1) is 10.4. The van der Waals surface area contributed by atoms with Gasteiger partial charge in [0.05, 0.1) is 0 Å². The summed E-state index contributed by atoms with van der Waals surface area (Å²) in [4.78, 5) is 11.3. The van der Waals surface area contributed by atoms with E-state index in [1.54, 1.807) is 19.2 Å². The van der Waals surface area contributed by atoms with E-state index in [4.69, 9.17) is 11.6 Å². The molecule has 2 atom stereocenters. The Hall–Kier alpha value is -1.09. The van der Waals surface area contributed by atoms with Gasteiger partial charge < -0.3 is 5.32 Å². The number of amides is 1. The van der Waals surface area contributed by atoms with Crippen LogP contribution < -0.4 is 5.32 Å². The van der Waals surface area contributed by atoms with Gasteiger partial charge in [0, 0.05) is 29.5 Å². The third-order valence-corrected chi connectivity index (χ3v) is 3.07. The number of hydrogen-bond acceptors (Lipinski definition) is 1. The molecule has 0 radical (unpaired) electrons. The summed E-state index contributed by atoms with van der Waals surface area (Å²) < 4.78 is 13.5. The Bertz CT molecular complexity index is 387. The predicted octanol–water partition coefficient (Wildman–Crippen LogP) is 2.33. The van der Waals surface area contributed by atoms with E-state index in [0.717, 1.165) is 0 Å². The summed E-state index contributed by atoms with van der Waals surface area (Å²) in [5.74, 6) is -0.540. The Labute approximate surface area is 92.4 Å². The summed E-state index contributed by atoms with van der Waals surface area (Å²) in [6.45, 7) is 0. The second kappa shape index (κ2) is 3.81. The van der Waals surface area contributed by atoms with Crippen molar-refractivity contribution in [2.75, 3.05) is 7.05 Å². The molecule has 1 aliphatic carbocycles. The fraction of sp³-hybridized carbons (Fsp3) is 0.364. The Morgan fingerprint density at radius 3 is 2.93 bits per heavy atom. The van der Waals surface area contributed by atoms with Crippen molar-refractivity contribution in [3.8, 4) is 0 Å². The van der Waals surface area contributed by atoms with E-state index in [9.17, 15) is 9.18 Å². The zero-order valence-corrected chi connectivity index (χ0v) is 9.01. The molecular formula is C11H11ClFNO. The van der Waals surface area contributed by atoms with Gasteiger partial charge in [0.1, 0.15) is 5.82 Å². The second-order valence-electron chi connectivity index (χ2n) is 3.70. The van der Waals surface area contributed by atoms with Crippen LogP contribution in [0.2, 0.25) is 5.02 Å². The topological polar surface area (TPSA) is 29.1 Å². The van der Waals surface area contributed by atoms with Crippen LogP contribution in [0.3, 0.4) is 0 Å². The molecule has 1 aromatic carbocycles. The predicted molar refractivity (Wildman–Crippen MR) is 56.3 cm³/mol. The maximum atomic E-state index is 13.5. The van der Waals surface area contributed by atoms with Gasteiger partial charge in [0.15, 0.2) is 0 Å². The Kier molecular flexibility index (Phi) is 2.65. The lowest BCUT2D eigenvalue weighted by Crippen LogP contribution is -2.20. The van der Waals surface area contributed by atoms with E-state index in [-0.39, 0.29) is 23.6 Å². The van der Waals surface area contributed by atoms with E-state index in [2.05, 4.69) is 5.32 Å². The summed E-state index contributed by atoms with van der Waals surface area (Å²) in [6.07, 6.45) is 0.681. The summed E-state index contributed by atoms with van der Waals surface area (Å²) in [5, 5.41) is 2.97. The zero-order chi connectivity index (χ0) is 11.0. The van der Waals surface area contributed by atoms with E-state index >= 15 is 0 Å². The molecule has 4 heteroatoms. The Balaban J connectivity index is 2.23. The van der Waals surface area contributed by atoms with E-state index in [0.29, 0.717) is 17.0 Å². The van der Waals surface area contributed by atoms with Crippen LogP contribution in [0.1, 0.15) is 17.9 Å². The van der Waals surface area contributed by atoms with Gasteiger partial charge in [0.2, 0.25) is 5.91 Å². The molecule has 1 amide bonds. The molecule has 0 aromatic heterocycles. The molecule has 0 saturated heterocycles. The lowest BCUT2D eigenvalue weighted by molar-refractivity contribution is -0.121. The first-order valence-electron chi connectivity index (χ1n) is 4.80. The number of benzene rings is 1. The van der Waals surface area contributed by atoms with Crippen LogP contribution in [-0.2, 0) is 4.79 Å². The SMILES string of the molecule is CNC(=O)C1CC1c1c(F)cccc1Cl. The molecule has 2 nitrogen and oxygen atoms in total. The Morgan fingerprint density at radius 2 is 2.33 bits per heavy atom. The molecule has 0 heterocycles. The molecule has 1 aromatic rings. The molecule has 2 unspecified atom stereocenters. The standard InChI is InChI=1S/C11H11ClFNO/c1-14-11(15)7-5-6(7)10-8(12)3-2-4-9(10)13/h2-4,6-7H,5H2,1H3,(H,14,15). The van der Waals surface area contributed by atoms with Gasteiger partial charge >= 0.3 is 0 Å². The summed E-state index contributed by atoms with van der Waals surface area (Å²) in [7, 11) is 1.58. The minimum atomic E-state index is -0.320. The number of carbonyl (C=O) groups excluding carboxylic acids is 1. The van der Waals surface area contributed by atoms with Gasteiger partial charge in [-0.1, -0.05) is 17.7 Å². The molecule has 0 aliphatic heterocycles. The van der Waals surface area contributed by atoms with Crippen LogP contribution in [0.15, 0.2) is 18.2 Å². The first-order valence-corrected chi connectivity index (χ1v) is 5.18. The molecule has 0 bridgehead atoms. The van der Waals surface area contributed by atoms with Crippen LogP contribution >= 0.6 is 11.6 Å². The van der Waals surface area contributed by atoms with Gasteiger partial charge in [-0.25, -0.2) is 4.39 Å². The van der Waals surface area contributed by atoms with Crippen molar-refractivity contribution in [1.29, 1.82) is 0 Å². The molecular weight excluding hydrogens is 217 g/mol. The van der Waals surface area contributed by atoms with Gasteiger partial charge in [-0.15, -0.1) is 0 Å². The van der Waals surface area contributed by atoms with Crippen molar-refractivity contribution < 1.29 is 9.18 Å². The molecule has 80 valence electrons. The average Bonchev–Trinajstić information content (AvgIpc) is 2.96. The second-order valence-corrected chi connectivity index (χ2v) is 4.11. The third-order valence-electron chi connectivity index (χ3n) is 2.74. The number of halogens is 2. The third kappa shape index (κ3) is 1.84. The van der Waals surface area contributed by atoms with Gasteiger partial charge in [-0.05, 0) is 18.6 Å². The molecule has 15 heavy (non-hydrogen) atoms. The molecule has 1 saturated carbocycles. The lowest BCUT2D eigenvalue weighted by atomic mass is 10.1. The van der Waals surface area contributed by atoms with Crippen LogP contribution in [0.5, 0.6) is 0 Å². The van der Waals surface area contributed by atoms with Gasteiger partial charge in [-0.2, -0.15) is 0 Å². The van der Waals surface area contributed by atoms with Crippen molar-refractivity contribution in [2.45, 2.75) is 12.3 Å². The lowest BCUT2D eigenvalue weighted by Gasteiger charge is -2.04. The van der Waals surface area contributed by atoms with Crippen LogP contribution in [-0.4, -0.2) is 13.0 Å². The number of carbonyl (C=O) groups is 1. The van der Waals surface area contributed by atoms with Crippen molar-refractivity contribution in [2.24, 2.45) is 5.92 Å². The number of hydrogen-bond donors (Lipinski definition) is 1. The molecule has 1 N–H and O–H groups in total. The van der Waals surface area contributed by atoms with E-state index in [1.807, 2.05) is 0 Å². The zero-order valence-electron chi connectivity index (χ0n) is 8.26. The summed E-state index contributed by atoms with van der Waals surface area (Å²) in [5.41, 5.74) is 0.479. The highest BCUT2D eigenvalue weighted by Crippen LogP contribution is 2.50. The maximum Gasteiger partial charge on any atom is 0.223 e. The minimum Gasteiger partial charge on any atom is -0.359 e. The number of rotatable bonds is 2. The van der Waals surface area contributed by atoms with Crippen molar-refractivity contribution in [1.82, 2.24) is 5.32 Å². The largest absolute Gasteiger partial charge is 0.359 e. The number of nitrogens with one attached hydrogen (secondary N) is 1. The maximum absolute atomic E-state index is 13.5. The van der Waals surface area contributed by atoms with Crippen LogP contribution in [0.25, 0.3) is 0 Å².